The van der Waals surface area contributed by atoms with Gasteiger partial charge in [-0.2, -0.15) is 0 Å². The van der Waals surface area contributed by atoms with Gasteiger partial charge < -0.3 is 10.2 Å². The molecule has 0 saturated heterocycles. The Balaban J connectivity index is 2.14. The van der Waals surface area contributed by atoms with Gasteiger partial charge in [0.2, 0.25) is 0 Å². The molecule has 5 heteroatoms. The van der Waals surface area contributed by atoms with Crippen LogP contribution in [0.15, 0.2) is 42.9 Å². The molecule has 0 aliphatic carbocycles. The van der Waals surface area contributed by atoms with Crippen LogP contribution >= 0.6 is 0 Å². The molecule has 2 heterocycles. The van der Waals surface area contributed by atoms with Gasteiger partial charge in [-0.25, -0.2) is 0 Å². The van der Waals surface area contributed by atoms with E-state index >= 15 is 0 Å². The van der Waals surface area contributed by atoms with Crippen molar-refractivity contribution in [2.24, 2.45) is 0 Å². The van der Waals surface area contributed by atoms with Crippen LogP contribution in [0.5, 0.6) is 0 Å². The van der Waals surface area contributed by atoms with Crippen LogP contribution in [-0.2, 0) is 0 Å². The molecule has 1 amide bonds. The molecule has 0 spiro atoms. The summed E-state index contributed by atoms with van der Waals surface area (Å²) in [5, 5.41) is 3.35. The van der Waals surface area contributed by atoms with Crippen LogP contribution in [0.4, 0.5) is 5.69 Å². The molecule has 1 atom stereocenters. The summed E-state index contributed by atoms with van der Waals surface area (Å²) in [5.74, 6) is -0.106. The fraction of sp³-hybridized carbons (Fsp3) is 0.267. The number of pyridine rings is 2. The van der Waals surface area contributed by atoms with Gasteiger partial charge >= 0.3 is 0 Å². The number of rotatable bonds is 4. The van der Waals surface area contributed by atoms with E-state index in [1.54, 1.807) is 38.8 Å². The standard InChI is InChI=1S/C15H18N4O/c1-11(12-4-7-16-8-5-12)18-13-6-9-17-14(10-13)15(20)19(2)3/h4-11H,1-3H3,(H,17,18). The minimum atomic E-state index is -0.106. The number of hydrogen-bond acceptors (Lipinski definition) is 4. The SMILES string of the molecule is CC(Nc1ccnc(C(=O)N(C)C)c1)c1ccncc1. The second-order valence-electron chi connectivity index (χ2n) is 4.78. The Bertz CT molecular complexity index is 583. The highest BCUT2D eigenvalue weighted by Gasteiger charge is 2.11. The van der Waals surface area contributed by atoms with Gasteiger partial charge in [0.1, 0.15) is 5.69 Å². The summed E-state index contributed by atoms with van der Waals surface area (Å²) in [6.45, 7) is 2.06. The molecule has 0 bridgehead atoms. The molecule has 1 unspecified atom stereocenters. The van der Waals surface area contributed by atoms with Crippen molar-refractivity contribution < 1.29 is 4.79 Å². The third-order valence-electron chi connectivity index (χ3n) is 2.97. The Labute approximate surface area is 118 Å². The predicted octanol–water partition coefficient (Wildman–Crippen LogP) is 2.35. The molecule has 0 aromatic carbocycles. The summed E-state index contributed by atoms with van der Waals surface area (Å²) in [7, 11) is 3.42. The Morgan fingerprint density at radius 3 is 2.55 bits per heavy atom. The van der Waals surface area contributed by atoms with Crippen molar-refractivity contribution in [1.29, 1.82) is 0 Å². The molecule has 0 radical (unpaired) electrons. The number of carbonyl (C=O) groups is 1. The highest BCUT2D eigenvalue weighted by molar-refractivity contribution is 5.92. The second-order valence-corrected chi connectivity index (χ2v) is 4.78. The first-order valence-corrected chi connectivity index (χ1v) is 6.42. The number of carbonyl (C=O) groups excluding carboxylic acids is 1. The number of aromatic nitrogens is 2. The molecular weight excluding hydrogens is 252 g/mol. The summed E-state index contributed by atoms with van der Waals surface area (Å²) < 4.78 is 0. The number of nitrogens with one attached hydrogen (secondary N) is 1. The van der Waals surface area contributed by atoms with Crippen molar-refractivity contribution in [3.05, 3.63) is 54.1 Å². The number of hydrogen-bond donors (Lipinski definition) is 1. The first-order chi connectivity index (χ1) is 9.58. The van der Waals surface area contributed by atoms with E-state index in [-0.39, 0.29) is 11.9 Å². The van der Waals surface area contributed by atoms with Crippen molar-refractivity contribution in [3.63, 3.8) is 0 Å². The fourth-order valence-corrected chi connectivity index (χ4v) is 1.85. The Kier molecular flexibility index (Phi) is 4.30. The fourth-order valence-electron chi connectivity index (χ4n) is 1.85. The largest absolute Gasteiger partial charge is 0.378 e. The van der Waals surface area contributed by atoms with E-state index in [0.29, 0.717) is 5.69 Å². The third-order valence-corrected chi connectivity index (χ3v) is 2.97. The van der Waals surface area contributed by atoms with Gasteiger partial charge in [-0.1, -0.05) is 0 Å². The maximum atomic E-state index is 11.9. The molecule has 20 heavy (non-hydrogen) atoms. The van der Waals surface area contributed by atoms with E-state index in [4.69, 9.17) is 0 Å². The normalized spacial score (nSPS) is 11.8. The van der Waals surface area contributed by atoms with Gasteiger partial charge in [0.05, 0.1) is 0 Å². The molecule has 0 aliphatic heterocycles. The summed E-state index contributed by atoms with van der Waals surface area (Å²) in [6, 6.07) is 7.67. The zero-order valence-corrected chi connectivity index (χ0v) is 11.9. The van der Waals surface area contributed by atoms with E-state index in [1.165, 1.54) is 4.90 Å². The maximum absolute atomic E-state index is 11.9. The first-order valence-electron chi connectivity index (χ1n) is 6.42. The third kappa shape index (κ3) is 3.32. The summed E-state index contributed by atoms with van der Waals surface area (Å²) >= 11 is 0. The molecule has 0 fully saturated rings. The van der Waals surface area contributed by atoms with E-state index < -0.39 is 0 Å². The van der Waals surface area contributed by atoms with Gasteiger partial charge in [-0.15, -0.1) is 0 Å². The molecule has 0 saturated carbocycles. The molecular formula is C15H18N4O. The van der Waals surface area contributed by atoms with E-state index in [0.717, 1.165) is 11.3 Å². The lowest BCUT2D eigenvalue weighted by molar-refractivity contribution is 0.0822. The van der Waals surface area contributed by atoms with Gasteiger partial charge in [-0.05, 0) is 36.8 Å². The zero-order valence-electron chi connectivity index (χ0n) is 11.9. The molecule has 2 aromatic rings. The Hall–Kier alpha value is -2.43. The Morgan fingerprint density at radius 2 is 1.90 bits per heavy atom. The summed E-state index contributed by atoms with van der Waals surface area (Å²) in [4.78, 5) is 21.5. The van der Waals surface area contributed by atoms with Gasteiger partial charge in [0, 0.05) is 44.4 Å². The van der Waals surface area contributed by atoms with E-state index in [9.17, 15) is 4.79 Å². The van der Waals surface area contributed by atoms with Crippen LogP contribution in [0.1, 0.15) is 29.0 Å². The van der Waals surface area contributed by atoms with Crippen LogP contribution in [0, 0.1) is 0 Å². The second kappa shape index (κ2) is 6.14. The molecule has 0 aliphatic rings. The minimum Gasteiger partial charge on any atom is -0.378 e. The Morgan fingerprint density at radius 1 is 1.20 bits per heavy atom. The summed E-state index contributed by atoms with van der Waals surface area (Å²) in [6.07, 6.45) is 5.17. The van der Waals surface area contributed by atoms with Crippen molar-refractivity contribution in [1.82, 2.24) is 14.9 Å². The van der Waals surface area contributed by atoms with Crippen LogP contribution < -0.4 is 5.32 Å². The molecule has 2 rings (SSSR count). The van der Waals surface area contributed by atoms with Gasteiger partial charge in [-0.3, -0.25) is 14.8 Å². The van der Waals surface area contributed by atoms with Crippen molar-refractivity contribution in [2.75, 3.05) is 19.4 Å². The molecule has 2 aromatic heterocycles. The van der Waals surface area contributed by atoms with Crippen molar-refractivity contribution in [3.8, 4) is 0 Å². The van der Waals surface area contributed by atoms with Crippen molar-refractivity contribution in [2.45, 2.75) is 13.0 Å². The lowest BCUT2D eigenvalue weighted by Gasteiger charge is -2.16. The zero-order chi connectivity index (χ0) is 14.5. The number of nitrogens with zero attached hydrogens (tertiary/aromatic N) is 3. The average molecular weight is 270 g/mol. The maximum Gasteiger partial charge on any atom is 0.272 e. The molecule has 1 N–H and O–H groups in total. The highest BCUT2D eigenvalue weighted by atomic mass is 16.2. The minimum absolute atomic E-state index is 0.106. The highest BCUT2D eigenvalue weighted by Crippen LogP contribution is 2.18. The number of anilines is 1. The lowest BCUT2D eigenvalue weighted by Crippen LogP contribution is -2.22. The first kappa shape index (κ1) is 14.0. The number of amides is 1. The summed E-state index contributed by atoms with van der Waals surface area (Å²) in [5.41, 5.74) is 2.44. The van der Waals surface area contributed by atoms with Crippen LogP contribution in [0.3, 0.4) is 0 Å². The van der Waals surface area contributed by atoms with Crippen molar-refractivity contribution >= 4 is 11.6 Å². The van der Waals surface area contributed by atoms with Crippen LogP contribution in [-0.4, -0.2) is 34.9 Å². The van der Waals surface area contributed by atoms with Crippen LogP contribution in [0.2, 0.25) is 0 Å². The van der Waals surface area contributed by atoms with Crippen LogP contribution in [0.25, 0.3) is 0 Å². The molecule has 5 nitrogen and oxygen atoms in total. The predicted molar refractivity (Wildman–Crippen MR) is 78.5 cm³/mol. The average Bonchev–Trinajstić information content (AvgIpc) is 2.47. The quantitative estimate of drug-likeness (QED) is 0.926. The topological polar surface area (TPSA) is 58.1 Å². The van der Waals surface area contributed by atoms with Gasteiger partial charge in [0.15, 0.2) is 0 Å². The molecule has 104 valence electrons. The lowest BCUT2D eigenvalue weighted by atomic mass is 10.1. The van der Waals surface area contributed by atoms with E-state index in [1.807, 2.05) is 18.2 Å². The van der Waals surface area contributed by atoms with Gasteiger partial charge in [0.25, 0.3) is 5.91 Å². The van der Waals surface area contributed by atoms with E-state index in [2.05, 4.69) is 22.2 Å². The smallest absolute Gasteiger partial charge is 0.272 e. The monoisotopic (exact) mass is 270 g/mol.